The molecule has 0 bridgehead atoms. The van der Waals surface area contributed by atoms with E-state index in [1.165, 1.54) is 48.5 Å². The van der Waals surface area contributed by atoms with Gasteiger partial charge in [0.25, 0.3) is 0 Å². The quantitative estimate of drug-likeness (QED) is 0.0461. The van der Waals surface area contributed by atoms with Crippen molar-refractivity contribution in [2.24, 2.45) is 41.1 Å². The van der Waals surface area contributed by atoms with E-state index in [9.17, 15) is 92.7 Å². The van der Waals surface area contributed by atoms with Crippen LogP contribution in [0.5, 0.6) is 0 Å². The average Bonchev–Trinajstić information content (AvgIpc) is 1.70. The Balaban J connectivity index is 2.98. The highest BCUT2D eigenvalue weighted by atomic mass is 16.3. The number of amides is 14. The molecule has 2 aliphatic heterocycles. The maximum atomic E-state index is 14.8. The summed E-state index contributed by atoms with van der Waals surface area (Å²) in [4.78, 5) is 199. The van der Waals surface area contributed by atoms with Gasteiger partial charge >= 0.3 is 0 Å². The normalized spacial score (nSPS) is 27.9. The Labute approximate surface area is 574 Å². The van der Waals surface area contributed by atoms with Gasteiger partial charge in [-0.25, -0.2) is 0 Å². The van der Waals surface area contributed by atoms with Gasteiger partial charge in [-0.05, 0) is 82.5 Å². The van der Waals surface area contributed by atoms with Gasteiger partial charge in [-0.15, -0.1) is 0 Å². The molecule has 14 amide bonds. The molecule has 33 heteroatoms. The molecule has 0 saturated carbocycles. The Kier molecular flexibility index (Phi) is 36.2. The number of rotatable bonds is 22. The Hall–Kier alpha value is -7.62. The number of fused-ring (bicyclic) bond motifs is 1. The van der Waals surface area contributed by atoms with Gasteiger partial charge in [0.15, 0.2) is 6.10 Å². The molecule has 18 atom stereocenters. The van der Waals surface area contributed by atoms with Crippen molar-refractivity contribution < 1.29 is 92.7 Å². The van der Waals surface area contributed by atoms with Crippen LogP contribution in [0, 0.1) is 29.6 Å². The average molecular weight is 1400 g/mol. The third kappa shape index (κ3) is 26.2. The first-order chi connectivity index (χ1) is 45.6. The summed E-state index contributed by atoms with van der Waals surface area (Å²) in [6.45, 7) is 21.2. The van der Waals surface area contributed by atoms with Crippen molar-refractivity contribution in [1.82, 2.24) is 63.0 Å². The minimum Gasteiger partial charge on any atom is -0.391 e. The number of nitrogens with two attached hydrogens (primary N) is 2. The van der Waals surface area contributed by atoms with Crippen molar-refractivity contribution in [2.75, 3.05) is 13.6 Å². The molecule has 558 valence electrons. The number of carbonyl (C=O) groups is 14. The maximum Gasteiger partial charge on any atom is 0.248 e. The highest BCUT2D eigenvalue weighted by Crippen LogP contribution is 2.23. The van der Waals surface area contributed by atoms with Crippen LogP contribution in [0.2, 0.25) is 0 Å². The number of unbranched alkanes of at least 4 members (excludes halogenated alkanes) is 4. The van der Waals surface area contributed by atoms with Crippen LogP contribution in [0.4, 0.5) is 0 Å². The molecular formula is C65H114N14O19. The smallest absolute Gasteiger partial charge is 0.248 e. The summed E-state index contributed by atoms with van der Waals surface area (Å²) < 4.78 is 0. The zero-order valence-corrected chi connectivity index (χ0v) is 59.6. The van der Waals surface area contributed by atoms with Crippen LogP contribution in [-0.2, 0) is 67.1 Å². The number of hydrogen-bond donors (Lipinski definition) is 17. The van der Waals surface area contributed by atoms with E-state index in [1.54, 1.807) is 34.6 Å². The van der Waals surface area contributed by atoms with E-state index in [2.05, 4.69) is 53.2 Å². The van der Waals surface area contributed by atoms with Crippen LogP contribution in [0.3, 0.4) is 0 Å². The minimum absolute atomic E-state index is 0.00655. The molecule has 0 spiro atoms. The van der Waals surface area contributed by atoms with Crippen molar-refractivity contribution in [1.29, 1.82) is 0 Å². The standard InChI is InChI=1S/C65H114N14O19/c1-16-18-19-20-21-23-38-29-43(83)72-44(31(5)6)58(91)76-47(51(84)32(7)8)60(93)68-35(12)55(88)75-48(52(85)33(9)10)61(94)70-39(25-26-42(66)82)64(97)78(15)50(34(11)17-2)63(96)77-49(53(86)54(67)87)62(95)74-46(37(14)81)65(98)79-27-22-24-41(79)57(90)71-40(28-30(3)4)56(89)73-45(36(13)80)59(92)69-38/h30-41,44-53,80-81,84-86H,16-29H2,1-15H3,(H2,66,82)(H2,67,87)(H,68,93)(H,69,92)(H,70,94)(H,71,90)(H,72,83)(H,73,89)(H,74,95)(H,75,88)(H,76,91)(H,77,96)/t34-,35+,36+,37+,38+,39+,40+,41-,44-,45-,46-,47-,48+,49+,50-,51-,52+,53+/m0/s1. The number of likely N-dealkylation sites (N-methyl/N-ethyl adjacent to an activating group) is 1. The van der Waals surface area contributed by atoms with Crippen LogP contribution in [-0.4, -0.2) is 235 Å². The number of nitrogens with one attached hydrogen (secondary N) is 10. The molecule has 0 aromatic rings. The van der Waals surface area contributed by atoms with Crippen molar-refractivity contribution in [3.8, 4) is 0 Å². The van der Waals surface area contributed by atoms with Gasteiger partial charge in [0.05, 0.1) is 24.4 Å². The van der Waals surface area contributed by atoms with Crippen LogP contribution in [0.25, 0.3) is 0 Å². The van der Waals surface area contributed by atoms with Gasteiger partial charge < -0.3 is 100.0 Å². The summed E-state index contributed by atoms with van der Waals surface area (Å²) in [6.07, 6.45) is -6.56. The molecule has 2 aliphatic rings. The first-order valence-corrected chi connectivity index (χ1v) is 34.2. The van der Waals surface area contributed by atoms with Crippen molar-refractivity contribution >= 4 is 82.7 Å². The van der Waals surface area contributed by atoms with Crippen molar-refractivity contribution in [3.63, 3.8) is 0 Å². The lowest BCUT2D eigenvalue weighted by Crippen LogP contribution is -2.65. The Bertz CT molecular complexity index is 2750. The predicted molar refractivity (Wildman–Crippen MR) is 357 cm³/mol. The van der Waals surface area contributed by atoms with E-state index in [4.69, 9.17) is 11.5 Å². The number of aliphatic hydroxyl groups is 5. The molecule has 0 radical (unpaired) electrons. The molecule has 33 nitrogen and oxygen atoms in total. The Morgan fingerprint density at radius 3 is 1.52 bits per heavy atom. The van der Waals surface area contributed by atoms with E-state index >= 15 is 0 Å². The van der Waals surface area contributed by atoms with E-state index in [0.29, 0.717) is 12.8 Å². The van der Waals surface area contributed by atoms with Crippen molar-refractivity contribution in [2.45, 2.75) is 283 Å². The van der Waals surface area contributed by atoms with Gasteiger partial charge in [0, 0.05) is 32.5 Å². The van der Waals surface area contributed by atoms with Gasteiger partial charge in [0.2, 0.25) is 82.7 Å². The van der Waals surface area contributed by atoms with Crippen LogP contribution < -0.4 is 64.6 Å². The lowest BCUT2D eigenvalue weighted by molar-refractivity contribution is -0.148. The molecule has 2 heterocycles. The van der Waals surface area contributed by atoms with Crippen LogP contribution in [0.1, 0.15) is 180 Å². The summed E-state index contributed by atoms with van der Waals surface area (Å²) in [5, 5.41) is 81.1. The lowest BCUT2D eigenvalue weighted by Gasteiger charge is -2.36. The first kappa shape index (κ1) is 86.5. The third-order valence-corrected chi connectivity index (χ3v) is 17.6. The molecule has 2 rings (SSSR count). The number of hydrogen-bond acceptors (Lipinski definition) is 19. The van der Waals surface area contributed by atoms with E-state index in [1.807, 2.05) is 6.92 Å². The minimum atomic E-state index is -2.56. The monoisotopic (exact) mass is 1390 g/mol. The Morgan fingerprint density at radius 1 is 0.520 bits per heavy atom. The van der Waals surface area contributed by atoms with Gasteiger partial charge in [-0.3, -0.25) is 67.1 Å². The summed E-state index contributed by atoms with van der Waals surface area (Å²) in [7, 11) is 1.11. The fourth-order valence-electron chi connectivity index (χ4n) is 11.4. The van der Waals surface area contributed by atoms with Gasteiger partial charge in [-0.2, -0.15) is 0 Å². The van der Waals surface area contributed by atoms with Gasteiger partial charge in [0.1, 0.15) is 66.5 Å². The van der Waals surface area contributed by atoms with Crippen LogP contribution in [0.15, 0.2) is 0 Å². The molecule has 19 N–H and O–H groups in total. The fraction of sp³-hybridized carbons (Fsp3) is 0.785. The summed E-state index contributed by atoms with van der Waals surface area (Å²) in [6, 6.07) is -20.0. The van der Waals surface area contributed by atoms with E-state index in [0.717, 1.165) is 43.0 Å². The molecule has 98 heavy (non-hydrogen) atoms. The largest absolute Gasteiger partial charge is 0.391 e. The third-order valence-electron chi connectivity index (χ3n) is 17.6. The first-order valence-electron chi connectivity index (χ1n) is 34.2. The highest BCUT2D eigenvalue weighted by Gasteiger charge is 2.46. The maximum absolute atomic E-state index is 14.8. The van der Waals surface area contributed by atoms with Gasteiger partial charge in [-0.1, -0.05) is 115 Å². The number of aliphatic hydroxyl groups excluding tert-OH is 5. The molecule has 0 aliphatic carbocycles. The second-order valence-corrected chi connectivity index (χ2v) is 27.6. The molecule has 2 fully saturated rings. The molecule has 0 aromatic heterocycles. The molecule has 0 unspecified atom stereocenters. The molecule has 2 saturated heterocycles. The zero-order chi connectivity index (χ0) is 74.9. The van der Waals surface area contributed by atoms with E-state index in [-0.39, 0.29) is 44.6 Å². The fourth-order valence-corrected chi connectivity index (χ4v) is 11.4. The predicted octanol–water partition coefficient (Wildman–Crippen LogP) is -3.91. The molecular weight excluding hydrogens is 1280 g/mol. The highest BCUT2D eigenvalue weighted by molar-refractivity contribution is 6.01. The topological polar surface area (TPSA) is 519 Å². The number of primary amides is 2. The number of carbonyl (C=O) groups excluding carboxylic acids is 14. The zero-order valence-electron chi connectivity index (χ0n) is 59.6. The second kappa shape index (κ2) is 41.1. The SMILES string of the molecule is CCCCCCC[C@@H]1CC(=O)N[C@@H](C(C)C)C(=O)N[C@@H]([C@@H](O)C(C)C)C(=O)N[C@H](C)C(=O)N[C@H]([C@H](O)C(C)C)C(=O)N[C@H](CCC(N)=O)C(=O)N(C)[C@@H]([C@@H](C)CC)C(=O)N[C@H]([C@@H](O)C(N)=O)C(=O)N[C@@H]([C@@H](C)O)C(=O)N2CCC[C@H]2C(=O)N[C@H](CC(C)C)C(=O)N[C@@H]([C@@H](C)O)C(=O)N1. The summed E-state index contributed by atoms with van der Waals surface area (Å²) in [5.74, 6) is -18.6. The number of nitrogens with zero attached hydrogens (tertiary/aromatic N) is 2. The van der Waals surface area contributed by atoms with Crippen molar-refractivity contribution in [3.05, 3.63) is 0 Å². The van der Waals surface area contributed by atoms with E-state index < -0.39 is 229 Å². The Morgan fingerprint density at radius 2 is 1.01 bits per heavy atom. The van der Waals surface area contributed by atoms with Crippen LogP contribution >= 0.6 is 0 Å². The molecule has 0 aromatic carbocycles. The summed E-state index contributed by atoms with van der Waals surface area (Å²) in [5.41, 5.74) is 11.0. The second-order valence-electron chi connectivity index (χ2n) is 27.6. The lowest BCUT2D eigenvalue weighted by atomic mass is 9.94. The summed E-state index contributed by atoms with van der Waals surface area (Å²) >= 11 is 0.